The lowest BCUT2D eigenvalue weighted by atomic mass is 10.2. The molecule has 0 spiro atoms. The van der Waals surface area contributed by atoms with Crippen LogP contribution in [0.15, 0.2) is 34.2 Å². The van der Waals surface area contributed by atoms with Crippen molar-refractivity contribution in [1.82, 2.24) is 9.97 Å². The average molecular weight is 397 g/mol. The SMILES string of the molecule is Cc1sc2nc(CSc3ccc(Cl)cc3)nc(SCCO)c2c1C. The molecule has 0 atom stereocenters. The monoisotopic (exact) mass is 396 g/mol. The van der Waals surface area contributed by atoms with E-state index >= 15 is 0 Å². The minimum absolute atomic E-state index is 0.146. The number of halogens is 1. The van der Waals surface area contributed by atoms with E-state index in [-0.39, 0.29) is 6.61 Å². The minimum Gasteiger partial charge on any atom is -0.396 e. The Balaban J connectivity index is 1.88. The first-order chi connectivity index (χ1) is 11.6. The molecule has 0 bridgehead atoms. The molecule has 0 unspecified atom stereocenters. The van der Waals surface area contributed by atoms with Crippen molar-refractivity contribution in [3.63, 3.8) is 0 Å². The highest BCUT2D eigenvalue weighted by atomic mass is 35.5. The Hall–Kier alpha value is -0.790. The number of aliphatic hydroxyl groups is 1. The van der Waals surface area contributed by atoms with Gasteiger partial charge in [0.25, 0.3) is 0 Å². The summed E-state index contributed by atoms with van der Waals surface area (Å²) in [6, 6.07) is 7.80. The molecule has 1 aromatic carbocycles. The third-order valence-electron chi connectivity index (χ3n) is 3.55. The number of hydrogen-bond donors (Lipinski definition) is 1. The summed E-state index contributed by atoms with van der Waals surface area (Å²) in [6.45, 7) is 4.38. The van der Waals surface area contributed by atoms with E-state index in [9.17, 15) is 0 Å². The molecule has 0 saturated heterocycles. The van der Waals surface area contributed by atoms with Crippen LogP contribution in [-0.4, -0.2) is 27.4 Å². The second-order valence-corrected chi connectivity index (χ2v) is 9.00. The summed E-state index contributed by atoms with van der Waals surface area (Å²) in [5.41, 5.74) is 1.24. The lowest BCUT2D eigenvalue weighted by molar-refractivity contribution is 0.322. The van der Waals surface area contributed by atoms with Crippen LogP contribution >= 0.6 is 46.5 Å². The van der Waals surface area contributed by atoms with Gasteiger partial charge in [-0.15, -0.1) is 34.9 Å². The zero-order valence-corrected chi connectivity index (χ0v) is 16.6. The van der Waals surface area contributed by atoms with Crippen LogP contribution in [-0.2, 0) is 5.75 Å². The van der Waals surface area contributed by atoms with Crippen molar-refractivity contribution in [1.29, 1.82) is 0 Å². The van der Waals surface area contributed by atoms with Crippen LogP contribution in [0.2, 0.25) is 5.02 Å². The molecule has 24 heavy (non-hydrogen) atoms. The molecule has 0 radical (unpaired) electrons. The van der Waals surface area contributed by atoms with Gasteiger partial charge in [0.2, 0.25) is 0 Å². The Morgan fingerprint density at radius 2 is 1.88 bits per heavy atom. The van der Waals surface area contributed by atoms with Crippen LogP contribution in [0.4, 0.5) is 0 Å². The van der Waals surface area contributed by atoms with Crippen LogP contribution in [0, 0.1) is 13.8 Å². The molecule has 7 heteroatoms. The second-order valence-electron chi connectivity index (χ2n) is 5.22. The Morgan fingerprint density at radius 1 is 1.12 bits per heavy atom. The van der Waals surface area contributed by atoms with Gasteiger partial charge in [0.15, 0.2) is 0 Å². The number of aryl methyl sites for hydroxylation is 2. The standard InChI is InChI=1S/C17H17ClN2OS3/c1-10-11(2)24-17-15(10)16(22-8-7-21)19-14(20-17)9-23-13-5-3-12(18)4-6-13/h3-6,21H,7-9H2,1-2H3. The van der Waals surface area contributed by atoms with E-state index in [4.69, 9.17) is 26.7 Å². The van der Waals surface area contributed by atoms with Gasteiger partial charge in [-0.2, -0.15) is 0 Å². The van der Waals surface area contributed by atoms with Gasteiger partial charge in [0.1, 0.15) is 15.7 Å². The van der Waals surface area contributed by atoms with Crippen LogP contribution in [0.3, 0.4) is 0 Å². The normalized spacial score (nSPS) is 11.3. The first-order valence-electron chi connectivity index (χ1n) is 7.47. The van der Waals surface area contributed by atoms with Gasteiger partial charge in [-0.25, -0.2) is 9.97 Å². The van der Waals surface area contributed by atoms with Gasteiger partial charge in [-0.05, 0) is 43.7 Å². The summed E-state index contributed by atoms with van der Waals surface area (Å²) in [5.74, 6) is 2.17. The van der Waals surface area contributed by atoms with Gasteiger partial charge >= 0.3 is 0 Å². The quantitative estimate of drug-likeness (QED) is 0.450. The number of fused-ring (bicyclic) bond motifs is 1. The van der Waals surface area contributed by atoms with Crippen molar-refractivity contribution >= 4 is 56.7 Å². The maximum atomic E-state index is 9.14. The predicted octanol–water partition coefficient (Wildman–Crippen LogP) is 5.34. The third-order valence-corrected chi connectivity index (χ3v) is 6.87. The number of nitrogens with zero attached hydrogens (tertiary/aromatic N) is 2. The van der Waals surface area contributed by atoms with Crippen molar-refractivity contribution in [3.05, 3.63) is 45.6 Å². The number of hydrogen-bond acceptors (Lipinski definition) is 6. The Bertz CT molecular complexity index is 849. The van der Waals surface area contributed by atoms with E-state index in [1.54, 1.807) is 34.9 Å². The average Bonchev–Trinajstić information content (AvgIpc) is 2.86. The molecule has 2 heterocycles. The zero-order chi connectivity index (χ0) is 17.1. The zero-order valence-electron chi connectivity index (χ0n) is 13.4. The Morgan fingerprint density at radius 3 is 2.58 bits per heavy atom. The third kappa shape index (κ3) is 4.06. The highest BCUT2D eigenvalue weighted by Crippen LogP contribution is 2.35. The van der Waals surface area contributed by atoms with E-state index in [1.807, 2.05) is 24.3 Å². The first kappa shape index (κ1) is 18.0. The lowest BCUT2D eigenvalue weighted by Crippen LogP contribution is -1.97. The maximum absolute atomic E-state index is 9.14. The summed E-state index contributed by atoms with van der Waals surface area (Å²) in [6.07, 6.45) is 0. The molecule has 1 N–H and O–H groups in total. The van der Waals surface area contributed by atoms with Gasteiger partial charge < -0.3 is 5.11 Å². The number of aliphatic hydroxyl groups excluding tert-OH is 1. The number of thiophene rings is 1. The number of benzene rings is 1. The molecular formula is C17H17ClN2OS3. The number of rotatable bonds is 6. The smallest absolute Gasteiger partial charge is 0.141 e. The van der Waals surface area contributed by atoms with Gasteiger partial charge in [-0.3, -0.25) is 0 Å². The number of aromatic nitrogens is 2. The van der Waals surface area contributed by atoms with Crippen molar-refractivity contribution in [2.75, 3.05) is 12.4 Å². The molecule has 3 aromatic rings. The molecule has 0 aliphatic heterocycles. The fraction of sp³-hybridized carbons (Fsp3) is 0.294. The van der Waals surface area contributed by atoms with Crippen LogP contribution in [0.5, 0.6) is 0 Å². The fourth-order valence-electron chi connectivity index (χ4n) is 2.24. The largest absolute Gasteiger partial charge is 0.396 e. The summed E-state index contributed by atoms with van der Waals surface area (Å²) >= 11 is 10.9. The Labute approximate surface area is 158 Å². The summed E-state index contributed by atoms with van der Waals surface area (Å²) < 4.78 is 0. The molecular weight excluding hydrogens is 380 g/mol. The van der Waals surface area contributed by atoms with Crippen LogP contribution < -0.4 is 0 Å². The molecule has 3 rings (SSSR count). The molecule has 2 aromatic heterocycles. The molecule has 0 aliphatic carbocycles. The van der Waals surface area contributed by atoms with Crippen molar-refractivity contribution in [3.8, 4) is 0 Å². The van der Waals surface area contributed by atoms with E-state index in [1.165, 1.54) is 10.4 Å². The maximum Gasteiger partial charge on any atom is 0.141 e. The van der Waals surface area contributed by atoms with Crippen LogP contribution in [0.25, 0.3) is 10.2 Å². The second kappa shape index (κ2) is 8.06. The molecule has 0 fully saturated rings. The molecule has 0 aliphatic rings. The van der Waals surface area contributed by atoms with Crippen molar-refractivity contribution in [2.45, 2.75) is 29.5 Å². The minimum atomic E-state index is 0.146. The summed E-state index contributed by atoms with van der Waals surface area (Å²) in [4.78, 5) is 12.9. The van der Waals surface area contributed by atoms with Crippen molar-refractivity contribution in [2.24, 2.45) is 0 Å². The van der Waals surface area contributed by atoms with Gasteiger partial charge in [0.05, 0.1) is 12.4 Å². The molecule has 126 valence electrons. The molecule has 0 saturated carbocycles. The van der Waals surface area contributed by atoms with E-state index in [2.05, 4.69) is 13.8 Å². The molecule has 3 nitrogen and oxygen atoms in total. The number of thioether (sulfide) groups is 2. The first-order valence-corrected chi connectivity index (χ1v) is 10.6. The van der Waals surface area contributed by atoms with E-state index in [0.717, 1.165) is 31.0 Å². The summed E-state index contributed by atoms with van der Waals surface area (Å²) in [7, 11) is 0. The van der Waals surface area contributed by atoms with Gasteiger partial charge in [0, 0.05) is 25.9 Å². The topological polar surface area (TPSA) is 46.0 Å². The fourth-order valence-corrected chi connectivity index (χ4v) is 5.09. The molecule has 0 amide bonds. The lowest BCUT2D eigenvalue weighted by Gasteiger charge is -2.06. The van der Waals surface area contributed by atoms with Crippen molar-refractivity contribution < 1.29 is 5.11 Å². The highest BCUT2D eigenvalue weighted by molar-refractivity contribution is 7.99. The Kier molecular flexibility index (Phi) is 6.05. The summed E-state index contributed by atoms with van der Waals surface area (Å²) in [5, 5.41) is 12.0. The van der Waals surface area contributed by atoms with Crippen LogP contribution in [0.1, 0.15) is 16.3 Å². The van der Waals surface area contributed by atoms with Gasteiger partial charge in [-0.1, -0.05) is 11.6 Å². The predicted molar refractivity (Wildman–Crippen MR) is 106 cm³/mol. The highest BCUT2D eigenvalue weighted by Gasteiger charge is 2.15. The van der Waals surface area contributed by atoms with E-state index in [0.29, 0.717) is 11.5 Å². The van der Waals surface area contributed by atoms with E-state index < -0.39 is 0 Å².